The maximum Gasteiger partial charge on any atom is 0.264 e. The fourth-order valence-corrected chi connectivity index (χ4v) is 7.36. The third kappa shape index (κ3) is 7.17. The predicted octanol–water partition coefficient (Wildman–Crippen LogP) is 5.27. The summed E-state index contributed by atoms with van der Waals surface area (Å²) in [7, 11) is -0.697. The minimum atomic E-state index is -3.95. The number of methoxy groups -OCH3 is 2. The summed E-state index contributed by atoms with van der Waals surface area (Å²) >= 11 is 0. The van der Waals surface area contributed by atoms with E-state index in [9.17, 15) is 18.3 Å². The van der Waals surface area contributed by atoms with Gasteiger partial charge in [-0.25, -0.2) is 13.1 Å². The average Bonchev–Trinajstić information content (AvgIpc) is 3.65. The standard InChI is InChI=1S/C35H40N2O6S/c1-4-31-32(42-2)20-28(21-33(31)43-3)35(39)29(18-25-16-26-10-8-9-11-27(26)17-25)23-37-15-14-24(22-37)19-34(38)36-44(40,41)30-12-6-5-7-13-30/h5-15,20-22,25,29,35,39H,4,16-19,23H2,1-3H3,(H,36,38)/t29-,35+/m0/s1. The van der Waals surface area contributed by atoms with E-state index in [0.717, 1.165) is 36.8 Å². The second-order valence-corrected chi connectivity index (χ2v) is 13.2. The normalized spacial score (nSPS) is 14.5. The van der Waals surface area contributed by atoms with Gasteiger partial charge in [-0.3, -0.25) is 4.79 Å². The third-order valence-electron chi connectivity index (χ3n) is 8.47. The topological polar surface area (TPSA) is 107 Å². The Morgan fingerprint density at radius 2 is 1.59 bits per heavy atom. The molecule has 8 nitrogen and oxygen atoms in total. The molecule has 1 aliphatic rings. The zero-order chi connectivity index (χ0) is 31.3. The number of hydrogen-bond donors (Lipinski definition) is 2. The molecule has 5 rings (SSSR count). The zero-order valence-corrected chi connectivity index (χ0v) is 26.2. The lowest BCUT2D eigenvalue weighted by atomic mass is 9.85. The number of carbonyl (C=O) groups is 1. The summed E-state index contributed by atoms with van der Waals surface area (Å²) in [5.41, 5.74) is 5.09. The van der Waals surface area contributed by atoms with Gasteiger partial charge in [0.25, 0.3) is 10.0 Å². The molecular formula is C35H40N2O6S. The second kappa shape index (κ2) is 13.7. The molecule has 44 heavy (non-hydrogen) atoms. The van der Waals surface area contributed by atoms with Gasteiger partial charge in [0.15, 0.2) is 0 Å². The first-order valence-electron chi connectivity index (χ1n) is 15.0. The highest BCUT2D eigenvalue weighted by Gasteiger charge is 2.30. The number of aromatic nitrogens is 1. The second-order valence-electron chi connectivity index (χ2n) is 11.5. The fourth-order valence-electron chi connectivity index (χ4n) is 6.35. The Kier molecular flexibility index (Phi) is 9.76. The van der Waals surface area contributed by atoms with Crippen molar-refractivity contribution in [1.29, 1.82) is 0 Å². The number of hydrogen-bond acceptors (Lipinski definition) is 6. The first-order chi connectivity index (χ1) is 21.2. The van der Waals surface area contributed by atoms with Crippen LogP contribution in [-0.2, 0) is 47.0 Å². The van der Waals surface area contributed by atoms with Crippen molar-refractivity contribution in [2.24, 2.45) is 11.8 Å². The Bertz CT molecular complexity index is 1650. The summed E-state index contributed by atoms with van der Waals surface area (Å²) in [6, 6.07) is 22.0. The highest BCUT2D eigenvalue weighted by atomic mass is 32.2. The molecule has 0 bridgehead atoms. The van der Waals surface area contributed by atoms with Crippen LogP contribution in [0, 0.1) is 11.8 Å². The molecule has 0 saturated carbocycles. The van der Waals surface area contributed by atoms with Gasteiger partial charge in [-0.15, -0.1) is 0 Å². The molecular weight excluding hydrogens is 576 g/mol. The SMILES string of the molecule is CCc1c(OC)cc([C@@H](O)[C@@H](CC2Cc3ccccc3C2)Cn2ccc(CC(=O)NS(=O)(=O)c3ccccc3)c2)cc1OC. The van der Waals surface area contributed by atoms with Gasteiger partial charge in [0, 0.05) is 30.4 Å². The molecule has 1 amide bonds. The minimum absolute atomic E-state index is 0.0389. The van der Waals surface area contributed by atoms with Crippen LogP contribution >= 0.6 is 0 Å². The lowest BCUT2D eigenvalue weighted by Gasteiger charge is -2.27. The first-order valence-corrected chi connectivity index (χ1v) is 16.4. The molecule has 1 aromatic heterocycles. The van der Waals surface area contributed by atoms with Crippen LogP contribution in [-0.4, -0.2) is 38.2 Å². The van der Waals surface area contributed by atoms with Crippen molar-refractivity contribution >= 4 is 15.9 Å². The van der Waals surface area contributed by atoms with Crippen LogP contribution in [0.5, 0.6) is 11.5 Å². The van der Waals surface area contributed by atoms with Gasteiger partial charge in [-0.1, -0.05) is 49.4 Å². The van der Waals surface area contributed by atoms with Crippen molar-refractivity contribution in [3.8, 4) is 11.5 Å². The molecule has 1 heterocycles. The molecule has 0 unspecified atom stereocenters. The lowest BCUT2D eigenvalue weighted by Crippen LogP contribution is -2.31. The number of nitrogens with one attached hydrogen (secondary N) is 1. The van der Waals surface area contributed by atoms with Gasteiger partial charge in [0.2, 0.25) is 5.91 Å². The van der Waals surface area contributed by atoms with Crippen LogP contribution in [0.1, 0.15) is 47.3 Å². The number of sulfonamides is 1. The van der Waals surface area contributed by atoms with Gasteiger partial charge in [-0.2, -0.15) is 0 Å². The van der Waals surface area contributed by atoms with E-state index >= 15 is 0 Å². The van der Waals surface area contributed by atoms with Crippen molar-refractivity contribution in [3.05, 3.63) is 113 Å². The average molecular weight is 617 g/mol. The Hall–Kier alpha value is -4.08. The number of carbonyl (C=O) groups excluding carboxylic acids is 1. The van der Waals surface area contributed by atoms with Crippen LogP contribution < -0.4 is 14.2 Å². The quantitative estimate of drug-likeness (QED) is 0.212. The number of nitrogens with zero attached hydrogens (tertiary/aromatic N) is 1. The summed E-state index contributed by atoms with van der Waals surface area (Å²) in [4.78, 5) is 12.7. The number of rotatable bonds is 13. The van der Waals surface area contributed by atoms with Crippen LogP contribution in [0.25, 0.3) is 0 Å². The van der Waals surface area contributed by atoms with Crippen molar-refractivity contribution < 1.29 is 27.8 Å². The van der Waals surface area contributed by atoms with Crippen LogP contribution in [0.4, 0.5) is 0 Å². The Labute approximate surface area is 259 Å². The largest absolute Gasteiger partial charge is 0.496 e. The van der Waals surface area contributed by atoms with Crippen molar-refractivity contribution in [2.75, 3.05) is 14.2 Å². The number of fused-ring (bicyclic) bond motifs is 1. The Morgan fingerprint density at radius 3 is 2.18 bits per heavy atom. The number of amides is 1. The molecule has 0 spiro atoms. The lowest BCUT2D eigenvalue weighted by molar-refractivity contribution is -0.118. The number of aliphatic hydroxyl groups is 1. The van der Waals surface area contributed by atoms with E-state index in [1.807, 2.05) is 42.1 Å². The molecule has 2 atom stereocenters. The number of ether oxygens (including phenoxy) is 2. The highest BCUT2D eigenvalue weighted by molar-refractivity contribution is 7.90. The maximum absolute atomic E-state index is 12.7. The van der Waals surface area contributed by atoms with E-state index in [1.165, 1.54) is 23.3 Å². The van der Waals surface area contributed by atoms with Crippen molar-refractivity contribution in [2.45, 2.75) is 56.6 Å². The van der Waals surface area contributed by atoms with Crippen LogP contribution in [0.2, 0.25) is 0 Å². The molecule has 4 aromatic rings. The molecule has 0 saturated heterocycles. The summed E-state index contributed by atoms with van der Waals surface area (Å²) in [6.07, 6.45) is 6.30. The zero-order valence-electron chi connectivity index (χ0n) is 25.4. The predicted molar refractivity (Wildman–Crippen MR) is 169 cm³/mol. The van der Waals surface area contributed by atoms with Gasteiger partial charge in [0.1, 0.15) is 11.5 Å². The summed E-state index contributed by atoms with van der Waals surface area (Å²) in [6.45, 7) is 2.55. The third-order valence-corrected chi connectivity index (χ3v) is 9.86. The van der Waals surface area contributed by atoms with E-state index in [4.69, 9.17) is 9.47 Å². The summed E-state index contributed by atoms with van der Waals surface area (Å²) in [5, 5.41) is 11.9. The highest BCUT2D eigenvalue weighted by Crippen LogP contribution is 2.39. The number of aliphatic hydroxyl groups excluding tert-OH is 1. The molecule has 0 fully saturated rings. The molecule has 232 valence electrons. The molecule has 3 aromatic carbocycles. The molecule has 0 radical (unpaired) electrons. The summed E-state index contributed by atoms with van der Waals surface area (Å²) in [5.74, 6) is 1.00. The van der Waals surface area contributed by atoms with Crippen LogP contribution in [0.15, 0.2) is 90.1 Å². The number of benzene rings is 3. The Morgan fingerprint density at radius 1 is 0.977 bits per heavy atom. The van der Waals surface area contributed by atoms with Gasteiger partial charge in [0.05, 0.1) is 31.6 Å². The van der Waals surface area contributed by atoms with E-state index in [1.54, 1.807) is 32.4 Å². The van der Waals surface area contributed by atoms with Crippen molar-refractivity contribution in [3.63, 3.8) is 0 Å². The van der Waals surface area contributed by atoms with Crippen LogP contribution in [0.3, 0.4) is 0 Å². The fraction of sp³-hybridized carbons (Fsp3) is 0.343. The van der Waals surface area contributed by atoms with E-state index in [2.05, 4.69) is 29.0 Å². The van der Waals surface area contributed by atoms with Gasteiger partial charge in [-0.05, 0) is 84.2 Å². The minimum Gasteiger partial charge on any atom is -0.496 e. The van der Waals surface area contributed by atoms with E-state index < -0.39 is 22.0 Å². The summed E-state index contributed by atoms with van der Waals surface area (Å²) < 4.78 is 40.6. The van der Waals surface area contributed by atoms with E-state index in [-0.39, 0.29) is 17.2 Å². The monoisotopic (exact) mass is 616 g/mol. The van der Waals surface area contributed by atoms with Gasteiger partial charge >= 0.3 is 0 Å². The van der Waals surface area contributed by atoms with Gasteiger partial charge < -0.3 is 19.1 Å². The first kappa shape index (κ1) is 31.3. The molecule has 9 heteroatoms. The smallest absolute Gasteiger partial charge is 0.264 e. The molecule has 1 aliphatic carbocycles. The molecule has 2 N–H and O–H groups in total. The van der Waals surface area contributed by atoms with E-state index in [0.29, 0.717) is 29.5 Å². The Balaban J connectivity index is 1.35. The molecule has 0 aliphatic heterocycles. The maximum atomic E-state index is 12.7. The van der Waals surface area contributed by atoms with Crippen molar-refractivity contribution in [1.82, 2.24) is 9.29 Å².